The summed E-state index contributed by atoms with van der Waals surface area (Å²) in [7, 11) is 0. The molecule has 3 rings (SSSR count). The number of amides is 1. The highest BCUT2D eigenvalue weighted by molar-refractivity contribution is 6.67. The molecule has 1 amide bonds. The molecule has 0 saturated heterocycles. The molecule has 2 N–H and O–H groups in total. The molecule has 0 bridgehead atoms. The van der Waals surface area contributed by atoms with Crippen molar-refractivity contribution in [1.29, 1.82) is 0 Å². The molecule has 1 aromatic heterocycles. The maximum Gasteiger partial charge on any atom is 0.259 e. The van der Waals surface area contributed by atoms with Gasteiger partial charge in [-0.1, -0.05) is 81.7 Å². The van der Waals surface area contributed by atoms with E-state index in [0.29, 0.717) is 11.3 Å². The molecular weight excluding hydrogens is 517 g/mol. The molecule has 0 radical (unpaired) electrons. The zero-order valence-electron chi connectivity index (χ0n) is 14.6. The molecule has 30 heavy (non-hydrogen) atoms. The average Bonchev–Trinajstić information content (AvgIpc) is 2.67. The Morgan fingerprint density at radius 3 is 1.83 bits per heavy atom. The van der Waals surface area contributed by atoms with E-state index >= 15 is 0 Å². The molecule has 0 atom stereocenters. The summed E-state index contributed by atoms with van der Waals surface area (Å²) < 4.78 is -3.93. The van der Waals surface area contributed by atoms with Crippen LogP contribution in [0.1, 0.15) is 22.0 Å². The first-order valence-electron chi connectivity index (χ1n) is 8.05. The predicted octanol–water partition coefficient (Wildman–Crippen LogP) is 6.15. The topological polar surface area (TPSA) is 88.0 Å². The molecule has 2 aromatic carbocycles. The van der Waals surface area contributed by atoms with Crippen LogP contribution in [0, 0.1) is 0 Å². The fourth-order valence-electron chi connectivity index (χ4n) is 2.33. The Balaban J connectivity index is 1.91. The molecule has 0 saturated carbocycles. The van der Waals surface area contributed by atoms with Crippen molar-refractivity contribution < 1.29 is 9.90 Å². The van der Waals surface area contributed by atoms with Gasteiger partial charge in [0.1, 0.15) is 5.75 Å². The van der Waals surface area contributed by atoms with Gasteiger partial charge in [0.15, 0.2) is 17.5 Å². The quantitative estimate of drug-likeness (QED) is 0.400. The van der Waals surface area contributed by atoms with Crippen LogP contribution in [-0.2, 0) is 7.59 Å². The molecule has 0 unspecified atom stereocenters. The number of hydrogen-bond acceptors (Lipinski definition) is 5. The number of hydrogen-bond donors (Lipinski definition) is 2. The lowest BCUT2D eigenvalue weighted by Gasteiger charge is -2.15. The van der Waals surface area contributed by atoms with Crippen molar-refractivity contribution in [2.45, 2.75) is 7.59 Å². The van der Waals surface area contributed by atoms with Crippen molar-refractivity contribution >= 4 is 81.2 Å². The van der Waals surface area contributed by atoms with Crippen LogP contribution < -0.4 is 5.32 Å². The fourth-order valence-corrected chi connectivity index (χ4v) is 2.83. The van der Waals surface area contributed by atoms with Crippen molar-refractivity contribution in [3.8, 4) is 17.1 Å². The van der Waals surface area contributed by atoms with Crippen LogP contribution in [0.3, 0.4) is 0 Å². The number of halogens is 6. The van der Waals surface area contributed by atoms with Crippen molar-refractivity contribution in [3.63, 3.8) is 0 Å². The Morgan fingerprint density at radius 1 is 0.800 bits per heavy atom. The second-order valence-electron chi connectivity index (χ2n) is 5.85. The number of aromatic nitrogens is 3. The standard InChI is InChI=1S/C18H10Cl6N4O2/c19-17(20,21)15-26-13(27-16(28-15)18(22,23)24)9-5-7-10(8-6-9)25-14(30)11-3-1-2-4-12(11)29/h1-8,29H,(H,25,30). The first-order valence-corrected chi connectivity index (χ1v) is 10.3. The molecule has 1 heterocycles. The monoisotopic (exact) mass is 524 g/mol. The molecule has 0 aliphatic heterocycles. The summed E-state index contributed by atoms with van der Waals surface area (Å²) in [6.07, 6.45) is 0. The number of carbonyl (C=O) groups is 1. The molecule has 0 fully saturated rings. The summed E-state index contributed by atoms with van der Waals surface area (Å²) in [5.41, 5.74) is 1.09. The number of para-hydroxylation sites is 1. The van der Waals surface area contributed by atoms with E-state index in [1.807, 2.05) is 0 Å². The normalized spacial score (nSPS) is 11.9. The molecule has 3 aromatic rings. The molecule has 0 aliphatic rings. The molecule has 156 valence electrons. The lowest BCUT2D eigenvalue weighted by molar-refractivity contribution is 0.102. The van der Waals surface area contributed by atoms with Crippen LogP contribution in [0.15, 0.2) is 48.5 Å². The van der Waals surface area contributed by atoms with Gasteiger partial charge in [-0.25, -0.2) is 15.0 Å². The summed E-state index contributed by atoms with van der Waals surface area (Å²) in [5.74, 6) is -0.925. The number of alkyl halides is 6. The minimum absolute atomic E-state index is 0.103. The van der Waals surface area contributed by atoms with E-state index in [9.17, 15) is 9.90 Å². The van der Waals surface area contributed by atoms with Crippen LogP contribution in [0.25, 0.3) is 11.4 Å². The fraction of sp³-hybridized carbons (Fsp3) is 0.111. The van der Waals surface area contributed by atoms with Crippen LogP contribution in [0.4, 0.5) is 5.69 Å². The third kappa shape index (κ3) is 5.58. The Bertz CT molecular complexity index is 1050. The number of nitrogens with zero attached hydrogens (tertiary/aromatic N) is 3. The van der Waals surface area contributed by atoms with Gasteiger partial charge in [-0.05, 0) is 36.4 Å². The third-order valence-corrected chi connectivity index (χ3v) is 4.71. The van der Waals surface area contributed by atoms with Crippen LogP contribution in [-0.4, -0.2) is 26.0 Å². The summed E-state index contributed by atoms with van der Waals surface area (Å²) >= 11 is 35.2. The molecule has 12 heteroatoms. The minimum Gasteiger partial charge on any atom is -0.507 e. The van der Waals surface area contributed by atoms with Gasteiger partial charge in [0.25, 0.3) is 5.91 Å². The molecule has 0 spiro atoms. The van der Waals surface area contributed by atoms with Gasteiger partial charge in [-0.15, -0.1) is 0 Å². The zero-order chi connectivity index (χ0) is 22.1. The van der Waals surface area contributed by atoms with E-state index in [1.165, 1.54) is 12.1 Å². The zero-order valence-corrected chi connectivity index (χ0v) is 19.1. The van der Waals surface area contributed by atoms with Crippen LogP contribution in [0.2, 0.25) is 0 Å². The van der Waals surface area contributed by atoms with Crippen molar-refractivity contribution in [2.75, 3.05) is 5.32 Å². The number of aromatic hydroxyl groups is 1. The molecule has 0 aliphatic carbocycles. The Hall–Kier alpha value is -1.54. The first kappa shape index (κ1) is 23.1. The van der Waals surface area contributed by atoms with Gasteiger partial charge in [-0.2, -0.15) is 0 Å². The number of phenols is 1. The van der Waals surface area contributed by atoms with E-state index in [2.05, 4.69) is 20.3 Å². The van der Waals surface area contributed by atoms with E-state index in [-0.39, 0.29) is 28.8 Å². The number of rotatable bonds is 3. The number of phenolic OH excluding ortho intramolecular Hbond substituents is 1. The maximum absolute atomic E-state index is 12.3. The summed E-state index contributed by atoms with van der Waals surface area (Å²) in [5, 5.41) is 12.5. The number of benzene rings is 2. The highest BCUT2D eigenvalue weighted by Crippen LogP contribution is 2.40. The lowest BCUT2D eigenvalue weighted by atomic mass is 10.1. The first-order chi connectivity index (χ1) is 13.9. The largest absolute Gasteiger partial charge is 0.507 e. The highest BCUT2D eigenvalue weighted by Gasteiger charge is 2.34. The maximum atomic E-state index is 12.3. The van der Waals surface area contributed by atoms with Crippen LogP contribution in [0.5, 0.6) is 5.75 Å². The van der Waals surface area contributed by atoms with Gasteiger partial charge in [0.05, 0.1) is 5.56 Å². The van der Waals surface area contributed by atoms with Crippen molar-refractivity contribution in [1.82, 2.24) is 15.0 Å². The van der Waals surface area contributed by atoms with E-state index in [4.69, 9.17) is 69.6 Å². The van der Waals surface area contributed by atoms with Crippen molar-refractivity contribution in [2.24, 2.45) is 0 Å². The smallest absolute Gasteiger partial charge is 0.259 e. The third-order valence-electron chi connectivity index (χ3n) is 3.69. The lowest BCUT2D eigenvalue weighted by Crippen LogP contribution is -2.16. The SMILES string of the molecule is O=C(Nc1ccc(-c2nc(C(Cl)(Cl)Cl)nc(C(Cl)(Cl)Cl)n2)cc1)c1ccccc1O. The van der Waals surface area contributed by atoms with E-state index < -0.39 is 13.5 Å². The van der Waals surface area contributed by atoms with Gasteiger partial charge in [-0.3, -0.25) is 4.79 Å². The van der Waals surface area contributed by atoms with Gasteiger partial charge >= 0.3 is 0 Å². The van der Waals surface area contributed by atoms with Crippen LogP contribution >= 0.6 is 69.6 Å². The van der Waals surface area contributed by atoms with Gasteiger partial charge < -0.3 is 10.4 Å². The molecular formula is C18H10Cl6N4O2. The Labute approximate surface area is 201 Å². The predicted molar refractivity (Wildman–Crippen MR) is 120 cm³/mol. The van der Waals surface area contributed by atoms with Gasteiger partial charge in [0.2, 0.25) is 7.59 Å². The van der Waals surface area contributed by atoms with E-state index in [1.54, 1.807) is 36.4 Å². The summed E-state index contributed by atoms with van der Waals surface area (Å²) in [6.45, 7) is 0. The highest BCUT2D eigenvalue weighted by atomic mass is 35.6. The molecule has 6 nitrogen and oxygen atoms in total. The average molecular weight is 527 g/mol. The summed E-state index contributed by atoms with van der Waals surface area (Å²) in [4.78, 5) is 24.5. The van der Waals surface area contributed by atoms with Gasteiger partial charge in [0, 0.05) is 11.3 Å². The number of anilines is 1. The van der Waals surface area contributed by atoms with Crippen molar-refractivity contribution in [3.05, 3.63) is 65.7 Å². The Kier molecular flexibility index (Phi) is 6.87. The minimum atomic E-state index is -1.96. The second-order valence-corrected chi connectivity index (χ2v) is 10.4. The number of carbonyl (C=O) groups excluding carboxylic acids is 1. The second kappa shape index (κ2) is 8.91. The Morgan fingerprint density at radius 2 is 1.33 bits per heavy atom. The number of nitrogens with one attached hydrogen (secondary N) is 1. The summed E-state index contributed by atoms with van der Waals surface area (Å²) in [6, 6.07) is 12.6. The van der Waals surface area contributed by atoms with E-state index in [0.717, 1.165) is 0 Å².